The van der Waals surface area contributed by atoms with Gasteiger partial charge in [-0.2, -0.15) is 13.2 Å². The van der Waals surface area contributed by atoms with Gasteiger partial charge in [0.2, 0.25) is 0 Å². The van der Waals surface area contributed by atoms with Gasteiger partial charge in [-0.1, -0.05) is 19.4 Å². The first-order valence-electron chi connectivity index (χ1n) is 9.37. The number of aromatic nitrogens is 2. The zero-order valence-electron chi connectivity index (χ0n) is 16.0. The van der Waals surface area contributed by atoms with E-state index in [2.05, 4.69) is 4.98 Å². The minimum absolute atomic E-state index is 0.0965. The van der Waals surface area contributed by atoms with Crippen LogP contribution in [-0.4, -0.2) is 39.5 Å². The van der Waals surface area contributed by atoms with Crippen molar-refractivity contribution in [2.45, 2.75) is 36.6 Å². The first-order valence-corrected chi connectivity index (χ1v) is 10.4. The normalized spacial score (nSPS) is 11.7. The van der Waals surface area contributed by atoms with E-state index in [4.69, 9.17) is 0 Å². The van der Waals surface area contributed by atoms with Gasteiger partial charge in [-0.25, -0.2) is 4.98 Å². The summed E-state index contributed by atoms with van der Waals surface area (Å²) in [6.45, 7) is 0.751. The molecular weight excluding hydrogens is 399 g/mol. The summed E-state index contributed by atoms with van der Waals surface area (Å²) in [5.41, 5.74) is 2.07. The maximum absolute atomic E-state index is 12.8. The number of hydrogen-bond acceptors (Lipinski definition) is 3. The first-order chi connectivity index (χ1) is 13.9. The Morgan fingerprint density at radius 3 is 2.59 bits per heavy atom. The quantitative estimate of drug-likeness (QED) is 0.455. The summed E-state index contributed by atoms with van der Waals surface area (Å²) >= 11 is 1.56. The van der Waals surface area contributed by atoms with Gasteiger partial charge in [0.05, 0.1) is 5.69 Å². The van der Waals surface area contributed by atoms with E-state index in [0.29, 0.717) is 12.2 Å². The number of nitrogens with zero attached hydrogens (tertiary/aromatic N) is 3. The van der Waals surface area contributed by atoms with E-state index >= 15 is 0 Å². The molecule has 0 unspecified atom stereocenters. The molecule has 0 saturated heterocycles. The summed E-state index contributed by atoms with van der Waals surface area (Å²) in [6.07, 6.45) is 0.744. The van der Waals surface area contributed by atoms with Gasteiger partial charge in [0.1, 0.15) is 12.2 Å². The molecule has 1 amide bonds. The van der Waals surface area contributed by atoms with Crippen LogP contribution < -0.4 is 0 Å². The molecule has 1 aromatic carbocycles. The molecule has 0 aliphatic carbocycles. The van der Waals surface area contributed by atoms with Crippen LogP contribution >= 0.6 is 11.8 Å². The molecule has 2 aromatic heterocycles. The zero-order valence-corrected chi connectivity index (χ0v) is 16.8. The Kier molecular flexibility index (Phi) is 6.84. The average molecular weight is 421 g/mol. The fraction of sp³-hybridized carbons (Fsp3) is 0.333. The van der Waals surface area contributed by atoms with Gasteiger partial charge in [-0.3, -0.25) is 4.79 Å². The van der Waals surface area contributed by atoms with Crippen molar-refractivity contribution >= 4 is 23.3 Å². The van der Waals surface area contributed by atoms with Crippen molar-refractivity contribution in [2.24, 2.45) is 0 Å². The van der Waals surface area contributed by atoms with Crippen LogP contribution in [0.1, 0.15) is 35.8 Å². The van der Waals surface area contributed by atoms with Crippen LogP contribution in [0.2, 0.25) is 0 Å². The number of pyridine rings is 1. The van der Waals surface area contributed by atoms with Crippen LogP contribution in [0.3, 0.4) is 0 Å². The topological polar surface area (TPSA) is 37.6 Å². The highest BCUT2D eigenvalue weighted by Gasteiger charge is 2.33. The average Bonchev–Trinajstić information content (AvgIpc) is 3.11. The number of fused-ring (bicyclic) bond motifs is 1. The van der Waals surface area contributed by atoms with Gasteiger partial charge in [0.15, 0.2) is 0 Å². The Morgan fingerprint density at radius 1 is 1.17 bits per heavy atom. The number of imidazole rings is 1. The van der Waals surface area contributed by atoms with Crippen molar-refractivity contribution in [3.63, 3.8) is 0 Å². The largest absolute Gasteiger partial charge is 0.406 e. The second-order valence-corrected chi connectivity index (χ2v) is 7.76. The fourth-order valence-corrected chi connectivity index (χ4v) is 3.69. The number of unbranched alkanes of at least 4 members (excludes halogenated alkanes) is 1. The molecule has 0 saturated carbocycles. The highest BCUT2D eigenvalue weighted by Crippen LogP contribution is 2.24. The lowest BCUT2D eigenvalue weighted by Crippen LogP contribution is -2.39. The van der Waals surface area contributed by atoms with Gasteiger partial charge in [-0.15, -0.1) is 11.8 Å². The van der Waals surface area contributed by atoms with Crippen LogP contribution in [0.4, 0.5) is 13.2 Å². The molecule has 0 radical (unpaired) electrons. The molecule has 0 spiro atoms. The SMILES string of the molecule is CCCCN(CC(F)(F)F)C(=O)c1ccc(SCc2cn3ccccc3n2)cc1. The van der Waals surface area contributed by atoms with E-state index in [9.17, 15) is 18.0 Å². The maximum atomic E-state index is 12.8. The third-order valence-electron chi connectivity index (χ3n) is 4.34. The molecule has 8 heteroatoms. The van der Waals surface area contributed by atoms with Crippen LogP contribution in [0.15, 0.2) is 59.8 Å². The van der Waals surface area contributed by atoms with E-state index in [0.717, 1.165) is 27.6 Å². The number of rotatable bonds is 8. The molecule has 154 valence electrons. The summed E-state index contributed by atoms with van der Waals surface area (Å²) in [7, 11) is 0. The molecule has 0 fully saturated rings. The van der Waals surface area contributed by atoms with Gasteiger partial charge in [0, 0.05) is 35.2 Å². The van der Waals surface area contributed by atoms with Crippen molar-refractivity contribution in [1.82, 2.24) is 14.3 Å². The molecular formula is C21H22F3N3OS. The number of benzene rings is 1. The summed E-state index contributed by atoms with van der Waals surface area (Å²) in [5, 5.41) is 0. The molecule has 3 rings (SSSR count). The number of amides is 1. The second kappa shape index (κ2) is 9.35. The van der Waals surface area contributed by atoms with Crippen molar-refractivity contribution < 1.29 is 18.0 Å². The van der Waals surface area contributed by atoms with Crippen molar-refractivity contribution in [1.29, 1.82) is 0 Å². The van der Waals surface area contributed by atoms with Crippen LogP contribution in [0.5, 0.6) is 0 Å². The Morgan fingerprint density at radius 2 is 1.93 bits per heavy atom. The van der Waals surface area contributed by atoms with Crippen molar-refractivity contribution in [3.8, 4) is 0 Å². The predicted octanol–water partition coefficient (Wildman–Crippen LogP) is 5.43. The fourth-order valence-electron chi connectivity index (χ4n) is 2.91. The summed E-state index contributed by atoms with van der Waals surface area (Å²) in [4.78, 5) is 18.9. The zero-order chi connectivity index (χ0) is 20.9. The maximum Gasteiger partial charge on any atom is 0.406 e. The van der Waals surface area contributed by atoms with E-state index in [1.807, 2.05) is 41.9 Å². The third-order valence-corrected chi connectivity index (χ3v) is 5.39. The second-order valence-electron chi connectivity index (χ2n) is 6.71. The standard InChI is InChI=1S/C21H22F3N3OS/c1-2-3-11-27(15-21(22,23)24)20(28)16-7-9-18(10-8-16)29-14-17-13-26-12-5-4-6-19(26)25-17/h4-10,12-13H,2-3,11,14-15H2,1H3. The number of carbonyl (C=O) groups excluding carboxylic acids is 1. The molecule has 0 N–H and O–H groups in total. The van der Waals surface area contributed by atoms with Gasteiger partial charge in [-0.05, 0) is 42.8 Å². The molecule has 0 atom stereocenters. The third kappa shape index (κ3) is 6.00. The lowest BCUT2D eigenvalue weighted by Gasteiger charge is -2.24. The van der Waals surface area contributed by atoms with Crippen molar-refractivity contribution in [3.05, 3.63) is 66.1 Å². The number of halogens is 3. The number of thioether (sulfide) groups is 1. The Labute approximate surface area is 171 Å². The summed E-state index contributed by atoms with van der Waals surface area (Å²) < 4.78 is 40.4. The summed E-state index contributed by atoms with van der Waals surface area (Å²) in [5.74, 6) is 0.0683. The number of alkyl halides is 3. The lowest BCUT2D eigenvalue weighted by molar-refractivity contribution is -0.140. The van der Waals surface area contributed by atoms with Crippen LogP contribution in [0.25, 0.3) is 5.65 Å². The van der Waals surface area contributed by atoms with E-state index in [1.165, 1.54) is 0 Å². The van der Waals surface area contributed by atoms with Gasteiger partial charge in [0.25, 0.3) is 5.91 Å². The van der Waals surface area contributed by atoms with Crippen molar-refractivity contribution in [2.75, 3.05) is 13.1 Å². The molecule has 4 nitrogen and oxygen atoms in total. The highest BCUT2D eigenvalue weighted by molar-refractivity contribution is 7.98. The molecule has 2 heterocycles. The lowest BCUT2D eigenvalue weighted by atomic mass is 10.2. The van der Waals surface area contributed by atoms with Gasteiger partial charge >= 0.3 is 6.18 Å². The molecule has 3 aromatic rings. The minimum atomic E-state index is -4.41. The monoisotopic (exact) mass is 421 g/mol. The van der Waals surface area contributed by atoms with E-state index in [1.54, 1.807) is 36.0 Å². The highest BCUT2D eigenvalue weighted by atomic mass is 32.2. The smallest absolute Gasteiger partial charge is 0.330 e. The molecule has 29 heavy (non-hydrogen) atoms. The van der Waals surface area contributed by atoms with Crippen LogP contribution in [0, 0.1) is 0 Å². The van der Waals surface area contributed by atoms with E-state index < -0.39 is 18.6 Å². The first kappa shape index (κ1) is 21.2. The summed E-state index contributed by atoms with van der Waals surface area (Å²) in [6, 6.07) is 12.5. The molecule has 0 aliphatic rings. The predicted molar refractivity (Wildman–Crippen MR) is 108 cm³/mol. The Hall–Kier alpha value is -2.48. The minimum Gasteiger partial charge on any atom is -0.330 e. The Bertz CT molecular complexity index is 921. The Balaban J connectivity index is 1.63. The molecule has 0 aliphatic heterocycles. The number of hydrogen-bond donors (Lipinski definition) is 0. The number of carbonyl (C=O) groups is 1. The van der Waals surface area contributed by atoms with E-state index in [-0.39, 0.29) is 12.1 Å². The van der Waals surface area contributed by atoms with Gasteiger partial charge < -0.3 is 9.30 Å². The molecule has 0 bridgehead atoms. The van der Waals surface area contributed by atoms with Crippen LogP contribution in [-0.2, 0) is 5.75 Å².